The second-order valence-electron chi connectivity index (χ2n) is 5.24. The Balaban J connectivity index is 2.00. The van der Waals surface area contributed by atoms with Gasteiger partial charge in [-0.05, 0) is 52.9 Å². The Morgan fingerprint density at radius 2 is 2.26 bits per heavy atom. The van der Waals surface area contributed by atoms with Gasteiger partial charge >= 0.3 is 0 Å². The monoisotopic (exact) mass is 327 g/mol. The molecule has 1 fully saturated rings. The highest BCUT2D eigenvalue weighted by Crippen LogP contribution is 2.27. The van der Waals surface area contributed by atoms with Gasteiger partial charge in [-0.2, -0.15) is 0 Å². The molecule has 0 heterocycles. The molecule has 0 radical (unpaired) electrons. The van der Waals surface area contributed by atoms with Crippen molar-refractivity contribution in [3.63, 3.8) is 0 Å². The van der Waals surface area contributed by atoms with Crippen LogP contribution in [0.15, 0.2) is 22.7 Å². The summed E-state index contributed by atoms with van der Waals surface area (Å²) in [6.45, 7) is 2.20. The summed E-state index contributed by atoms with van der Waals surface area (Å²) < 4.78 is 13.5. The Morgan fingerprint density at radius 3 is 2.95 bits per heavy atom. The van der Waals surface area contributed by atoms with Crippen molar-refractivity contribution in [3.05, 3.63) is 34.1 Å². The van der Waals surface area contributed by atoms with E-state index in [9.17, 15) is 9.18 Å². The van der Waals surface area contributed by atoms with Gasteiger partial charge in [-0.1, -0.05) is 26.2 Å². The Morgan fingerprint density at radius 1 is 1.47 bits per heavy atom. The summed E-state index contributed by atoms with van der Waals surface area (Å²) in [6.07, 6.45) is 5.71. The van der Waals surface area contributed by atoms with E-state index < -0.39 is 0 Å². The highest BCUT2D eigenvalue weighted by Gasteiger charge is 2.23. The molecule has 19 heavy (non-hydrogen) atoms. The normalized spacial score (nSPS) is 23.1. The van der Waals surface area contributed by atoms with Gasteiger partial charge in [0.1, 0.15) is 5.82 Å². The lowest BCUT2D eigenvalue weighted by molar-refractivity contribution is 0.0918. The molecule has 0 saturated heterocycles. The minimum absolute atomic E-state index is 0.117. The summed E-state index contributed by atoms with van der Waals surface area (Å²) in [5.74, 6) is 0.261. The maximum atomic E-state index is 13.0. The van der Waals surface area contributed by atoms with E-state index in [4.69, 9.17) is 0 Å². The van der Waals surface area contributed by atoms with Crippen LogP contribution < -0.4 is 5.32 Å². The van der Waals surface area contributed by atoms with Crippen LogP contribution in [-0.2, 0) is 0 Å². The van der Waals surface area contributed by atoms with Gasteiger partial charge in [0, 0.05) is 10.5 Å². The number of carbonyl (C=O) groups is 1. The Hall–Kier alpha value is -0.900. The van der Waals surface area contributed by atoms with E-state index in [0.29, 0.717) is 10.0 Å². The summed E-state index contributed by atoms with van der Waals surface area (Å²) in [5, 5.41) is 3.07. The van der Waals surface area contributed by atoms with Crippen LogP contribution in [0.5, 0.6) is 0 Å². The topological polar surface area (TPSA) is 29.1 Å². The minimum Gasteiger partial charge on any atom is -0.349 e. The standard InChI is InChI=1S/C15H19BrFNO/c1-2-10-4-3-5-12(8-10)18-15(19)13-7-6-11(17)9-14(13)16/h6-7,9-10,12H,2-5,8H2,1H3,(H,18,19). The predicted octanol–water partition coefficient (Wildman–Crippen LogP) is 4.29. The number of carbonyl (C=O) groups excluding carboxylic acids is 1. The van der Waals surface area contributed by atoms with Crippen LogP contribution >= 0.6 is 15.9 Å². The van der Waals surface area contributed by atoms with Gasteiger partial charge in [-0.25, -0.2) is 4.39 Å². The fraction of sp³-hybridized carbons (Fsp3) is 0.533. The van der Waals surface area contributed by atoms with Crippen LogP contribution in [0.4, 0.5) is 4.39 Å². The van der Waals surface area contributed by atoms with Crippen molar-refractivity contribution in [3.8, 4) is 0 Å². The van der Waals surface area contributed by atoms with E-state index >= 15 is 0 Å². The van der Waals surface area contributed by atoms with Gasteiger partial charge in [-0.15, -0.1) is 0 Å². The van der Waals surface area contributed by atoms with Gasteiger partial charge in [0.15, 0.2) is 0 Å². The Kier molecular flexibility index (Phi) is 4.97. The smallest absolute Gasteiger partial charge is 0.252 e. The van der Waals surface area contributed by atoms with E-state index in [1.54, 1.807) is 0 Å². The molecule has 2 unspecified atom stereocenters. The largest absolute Gasteiger partial charge is 0.349 e. The van der Waals surface area contributed by atoms with Crippen molar-refractivity contribution >= 4 is 21.8 Å². The molecule has 1 aliphatic carbocycles. The molecule has 0 bridgehead atoms. The average molecular weight is 328 g/mol. The quantitative estimate of drug-likeness (QED) is 0.881. The minimum atomic E-state index is -0.341. The van der Waals surface area contributed by atoms with Gasteiger partial charge in [-0.3, -0.25) is 4.79 Å². The molecule has 2 nitrogen and oxygen atoms in total. The Bertz CT molecular complexity index is 463. The predicted molar refractivity (Wildman–Crippen MR) is 77.6 cm³/mol. The summed E-state index contributed by atoms with van der Waals surface area (Å²) in [5.41, 5.74) is 0.500. The van der Waals surface area contributed by atoms with E-state index in [1.165, 1.54) is 37.5 Å². The summed E-state index contributed by atoms with van der Waals surface area (Å²) in [6, 6.07) is 4.41. The molecule has 0 aromatic heterocycles. The van der Waals surface area contributed by atoms with E-state index in [-0.39, 0.29) is 17.8 Å². The van der Waals surface area contributed by atoms with Crippen molar-refractivity contribution in [2.75, 3.05) is 0 Å². The fourth-order valence-corrected chi connectivity index (χ4v) is 3.26. The lowest BCUT2D eigenvalue weighted by atomic mass is 9.84. The third kappa shape index (κ3) is 3.78. The van der Waals surface area contributed by atoms with Gasteiger partial charge in [0.25, 0.3) is 5.91 Å². The molecule has 0 spiro atoms. The SMILES string of the molecule is CCC1CCCC(NC(=O)c2ccc(F)cc2Br)C1. The number of hydrogen-bond donors (Lipinski definition) is 1. The molecule has 2 atom stereocenters. The summed E-state index contributed by atoms with van der Waals surface area (Å²) in [7, 11) is 0. The van der Waals surface area contributed by atoms with Crippen molar-refractivity contribution in [2.24, 2.45) is 5.92 Å². The first-order valence-electron chi connectivity index (χ1n) is 6.86. The second kappa shape index (κ2) is 6.51. The molecule has 1 amide bonds. The zero-order valence-corrected chi connectivity index (χ0v) is 12.7. The summed E-state index contributed by atoms with van der Waals surface area (Å²) in [4.78, 5) is 12.2. The molecule has 0 aliphatic heterocycles. The molecule has 1 N–H and O–H groups in total. The first-order chi connectivity index (χ1) is 9.10. The van der Waals surface area contributed by atoms with Crippen LogP contribution in [-0.4, -0.2) is 11.9 Å². The lowest BCUT2D eigenvalue weighted by Crippen LogP contribution is -2.38. The molecular formula is C15H19BrFNO. The molecular weight excluding hydrogens is 309 g/mol. The number of halogens is 2. The van der Waals surface area contributed by atoms with E-state index in [0.717, 1.165) is 18.8 Å². The molecule has 4 heteroatoms. The van der Waals surface area contributed by atoms with Crippen molar-refractivity contribution in [1.29, 1.82) is 0 Å². The summed E-state index contributed by atoms with van der Waals surface area (Å²) >= 11 is 3.24. The van der Waals surface area contributed by atoms with Crippen molar-refractivity contribution in [2.45, 2.75) is 45.1 Å². The van der Waals surface area contributed by atoms with Crippen LogP contribution in [0.2, 0.25) is 0 Å². The highest BCUT2D eigenvalue weighted by atomic mass is 79.9. The number of benzene rings is 1. The maximum Gasteiger partial charge on any atom is 0.252 e. The zero-order chi connectivity index (χ0) is 13.8. The lowest BCUT2D eigenvalue weighted by Gasteiger charge is -2.29. The van der Waals surface area contributed by atoms with E-state index in [1.807, 2.05) is 0 Å². The Labute approximate surface area is 121 Å². The zero-order valence-electron chi connectivity index (χ0n) is 11.1. The maximum absolute atomic E-state index is 13.0. The molecule has 1 aromatic rings. The third-order valence-electron chi connectivity index (χ3n) is 3.87. The molecule has 104 valence electrons. The second-order valence-corrected chi connectivity index (χ2v) is 6.09. The number of amides is 1. The van der Waals surface area contributed by atoms with Crippen molar-refractivity contribution in [1.82, 2.24) is 5.32 Å². The van der Waals surface area contributed by atoms with Crippen LogP contribution in [0.25, 0.3) is 0 Å². The van der Waals surface area contributed by atoms with E-state index in [2.05, 4.69) is 28.2 Å². The van der Waals surface area contributed by atoms with Crippen LogP contribution in [0.3, 0.4) is 0 Å². The first kappa shape index (κ1) is 14.5. The molecule has 1 aliphatic rings. The van der Waals surface area contributed by atoms with Gasteiger partial charge in [0.05, 0.1) is 5.56 Å². The van der Waals surface area contributed by atoms with Crippen LogP contribution in [0.1, 0.15) is 49.4 Å². The third-order valence-corrected chi connectivity index (χ3v) is 4.53. The number of rotatable bonds is 3. The first-order valence-corrected chi connectivity index (χ1v) is 7.65. The van der Waals surface area contributed by atoms with Gasteiger partial charge in [0.2, 0.25) is 0 Å². The average Bonchev–Trinajstić information content (AvgIpc) is 2.38. The van der Waals surface area contributed by atoms with Crippen molar-refractivity contribution < 1.29 is 9.18 Å². The fourth-order valence-electron chi connectivity index (χ4n) is 2.73. The number of nitrogens with one attached hydrogen (secondary N) is 1. The number of hydrogen-bond acceptors (Lipinski definition) is 1. The van der Waals surface area contributed by atoms with Gasteiger partial charge < -0.3 is 5.32 Å². The molecule has 1 saturated carbocycles. The molecule has 1 aromatic carbocycles. The highest BCUT2D eigenvalue weighted by molar-refractivity contribution is 9.10. The molecule has 2 rings (SSSR count). The van der Waals surface area contributed by atoms with Crippen LogP contribution in [0, 0.1) is 11.7 Å².